The van der Waals surface area contributed by atoms with Crippen molar-refractivity contribution < 1.29 is 5.11 Å². The van der Waals surface area contributed by atoms with Gasteiger partial charge in [0.1, 0.15) is 0 Å². The zero-order valence-electron chi connectivity index (χ0n) is 7.63. The van der Waals surface area contributed by atoms with E-state index in [2.05, 4.69) is 12.2 Å². The molecule has 0 aromatic heterocycles. The van der Waals surface area contributed by atoms with E-state index in [0.717, 1.165) is 12.8 Å². The molecular weight excluding hydrogens is 148 g/mol. The van der Waals surface area contributed by atoms with Crippen molar-refractivity contribution in [1.82, 2.24) is 0 Å². The Kier molecular flexibility index (Phi) is 2.22. The Bertz CT molecular complexity index is 177. The summed E-state index contributed by atoms with van der Waals surface area (Å²) >= 11 is 0. The summed E-state index contributed by atoms with van der Waals surface area (Å²) < 4.78 is 0. The van der Waals surface area contributed by atoms with E-state index in [1.165, 1.54) is 32.1 Å². The van der Waals surface area contributed by atoms with Gasteiger partial charge in [0.2, 0.25) is 0 Å². The van der Waals surface area contributed by atoms with E-state index in [4.69, 9.17) is 0 Å². The highest BCUT2D eigenvalue weighted by atomic mass is 16.3. The van der Waals surface area contributed by atoms with Gasteiger partial charge < -0.3 is 5.11 Å². The van der Waals surface area contributed by atoms with Crippen LogP contribution in [-0.2, 0) is 0 Å². The average molecular weight is 166 g/mol. The standard InChI is InChI=1S/C11H18O/c12-10-6-2-5-9-11(10)7-3-1-4-8-11/h5,9-10,12H,1-4,6-8H2. The number of hydrogen-bond donors (Lipinski definition) is 1. The van der Waals surface area contributed by atoms with Crippen molar-refractivity contribution in [3.05, 3.63) is 12.2 Å². The minimum absolute atomic E-state index is 0.0530. The van der Waals surface area contributed by atoms with E-state index in [1.807, 2.05) is 0 Å². The van der Waals surface area contributed by atoms with Gasteiger partial charge in [0.25, 0.3) is 0 Å². The third-order valence-electron chi connectivity index (χ3n) is 3.50. The molecule has 68 valence electrons. The summed E-state index contributed by atoms with van der Waals surface area (Å²) in [5.74, 6) is 0. The van der Waals surface area contributed by atoms with Gasteiger partial charge in [-0.15, -0.1) is 0 Å². The smallest absolute Gasteiger partial charge is 0.0633 e. The fourth-order valence-corrected chi connectivity index (χ4v) is 2.68. The lowest BCUT2D eigenvalue weighted by Crippen LogP contribution is -2.37. The topological polar surface area (TPSA) is 20.2 Å². The second-order valence-electron chi connectivity index (χ2n) is 4.29. The highest BCUT2D eigenvalue weighted by Crippen LogP contribution is 2.43. The maximum absolute atomic E-state index is 9.93. The van der Waals surface area contributed by atoms with Crippen molar-refractivity contribution >= 4 is 0 Å². The van der Waals surface area contributed by atoms with Crippen LogP contribution in [0.4, 0.5) is 0 Å². The number of allylic oxidation sites excluding steroid dienone is 1. The minimum atomic E-state index is -0.0530. The Hall–Kier alpha value is -0.300. The molecule has 0 radical (unpaired) electrons. The molecule has 1 fully saturated rings. The first-order valence-corrected chi connectivity index (χ1v) is 5.19. The quantitative estimate of drug-likeness (QED) is 0.548. The van der Waals surface area contributed by atoms with Crippen LogP contribution >= 0.6 is 0 Å². The van der Waals surface area contributed by atoms with Crippen molar-refractivity contribution in [1.29, 1.82) is 0 Å². The molecule has 2 aliphatic rings. The maximum Gasteiger partial charge on any atom is 0.0633 e. The van der Waals surface area contributed by atoms with E-state index >= 15 is 0 Å². The molecule has 1 atom stereocenters. The molecule has 2 aliphatic carbocycles. The lowest BCUT2D eigenvalue weighted by atomic mass is 9.67. The SMILES string of the molecule is OC1CCC=CC12CCCCC2. The van der Waals surface area contributed by atoms with Crippen LogP contribution in [0.15, 0.2) is 12.2 Å². The van der Waals surface area contributed by atoms with Crippen LogP contribution in [0.1, 0.15) is 44.9 Å². The van der Waals surface area contributed by atoms with Crippen molar-refractivity contribution in [2.75, 3.05) is 0 Å². The van der Waals surface area contributed by atoms with Gasteiger partial charge in [-0.25, -0.2) is 0 Å². The molecule has 0 saturated heterocycles. The van der Waals surface area contributed by atoms with E-state index in [-0.39, 0.29) is 11.5 Å². The Morgan fingerprint density at radius 1 is 1.17 bits per heavy atom. The summed E-state index contributed by atoms with van der Waals surface area (Å²) in [4.78, 5) is 0. The molecule has 1 unspecified atom stereocenters. The van der Waals surface area contributed by atoms with Gasteiger partial charge in [-0.05, 0) is 25.7 Å². The molecular formula is C11H18O. The van der Waals surface area contributed by atoms with Crippen LogP contribution in [0, 0.1) is 5.41 Å². The van der Waals surface area contributed by atoms with Gasteiger partial charge in [-0.1, -0.05) is 31.4 Å². The van der Waals surface area contributed by atoms with Crippen LogP contribution in [0.2, 0.25) is 0 Å². The Labute approximate surface area is 74.5 Å². The lowest BCUT2D eigenvalue weighted by Gasteiger charge is -2.40. The van der Waals surface area contributed by atoms with E-state index in [1.54, 1.807) is 0 Å². The molecule has 1 spiro atoms. The molecule has 0 aliphatic heterocycles. The predicted molar refractivity (Wildman–Crippen MR) is 49.9 cm³/mol. The number of hydrogen-bond acceptors (Lipinski definition) is 1. The van der Waals surface area contributed by atoms with E-state index < -0.39 is 0 Å². The third kappa shape index (κ3) is 1.31. The highest BCUT2D eigenvalue weighted by molar-refractivity contribution is 5.08. The highest BCUT2D eigenvalue weighted by Gasteiger charge is 2.37. The van der Waals surface area contributed by atoms with Gasteiger partial charge >= 0.3 is 0 Å². The number of aliphatic hydroxyl groups excluding tert-OH is 1. The van der Waals surface area contributed by atoms with Gasteiger partial charge in [0, 0.05) is 5.41 Å². The molecule has 1 N–H and O–H groups in total. The first kappa shape index (κ1) is 8.31. The van der Waals surface area contributed by atoms with Gasteiger partial charge in [0.05, 0.1) is 6.10 Å². The van der Waals surface area contributed by atoms with Crippen LogP contribution in [-0.4, -0.2) is 11.2 Å². The van der Waals surface area contributed by atoms with Crippen LogP contribution in [0.25, 0.3) is 0 Å². The molecule has 1 nitrogen and oxygen atoms in total. The summed E-state index contributed by atoms with van der Waals surface area (Å²) in [7, 11) is 0. The van der Waals surface area contributed by atoms with E-state index in [0.29, 0.717) is 0 Å². The van der Waals surface area contributed by atoms with Crippen molar-refractivity contribution in [2.24, 2.45) is 5.41 Å². The minimum Gasteiger partial charge on any atom is -0.392 e. The average Bonchev–Trinajstić information content (AvgIpc) is 2.12. The summed E-state index contributed by atoms with van der Waals surface area (Å²) in [5.41, 5.74) is 0.191. The molecule has 0 amide bonds. The van der Waals surface area contributed by atoms with E-state index in [9.17, 15) is 5.11 Å². The van der Waals surface area contributed by atoms with Gasteiger partial charge in [-0.3, -0.25) is 0 Å². The van der Waals surface area contributed by atoms with Crippen molar-refractivity contribution in [3.8, 4) is 0 Å². The molecule has 1 saturated carbocycles. The summed E-state index contributed by atoms with van der Waals surface area (Å²) in [6.45, 7) is 0. The molecule has 0 bridgehead atoms. The molecule has 1 heteroatoms. The predicted octanol–water partition coefficient (Wildman–Crippen LogP) is 2.65. The van der Waals surface area contributed by atoms with Crippen LogP contribution in [0.3, 0.4) is 0 Å². The molecule has 2 rings (SSSR count). The summed E-state index contributed by atoms with van der Waals surface area (Å²) in [6, 6.07) is 0. The second kappa shape index (κ2) is 3.21. The largest absolute Gasteiger partial charge is 0.392 e. The first-order valence-electron chi connectivity index (χ1n) is 5.19. The number of aliphatic hydroxyl groups is 1. The zero-order valence-corrected chi connectivity index (χ0v) is 7.63. The first-order chi connectivity index (χ1) is 5.83. The van der Waals surface area contributed by atoms with Crippen molar-refractivity contribution in [3.63, 3.8) is 0 Å². The number of rotatable bonds is 0. The summed E-state index contributed by atoms with van der Waals surface area (Å²) in [6.07, 6.45) is 13.0. The zero-order chi connectivity index (χ0) is 8.44. The van der Waals surface area contributed by atoms with Gasteiger partial charge in [0.15, 0.2) is 0 Å². The Morgan fingerprint density at radius 3 is 2.58 bits per heavy atom. The molecule has 0 aromatic rings. The molecule has 12 heavy (non-hydrogen) atoms. The normalized spacial score (nSPS) is 33.9. The van der Waals surface area contributed by atoms with Gasteiger partial charge in [-0.2, -0.15) is 0 Å². The molecule has 0 aromatic carbocycles. The fraction of sp³-hybridized carbons (Fsp3) is 0.818. The second-order valence-corrected chi connectivity index (χ2v) is 4.29. The lowest BCUT2D eigenvalue weighted by molar-refractivity contribution is 0.0204. The Balaban J connectivity index is 2.14. The monoisotopic (exact) mass is 166 g/mol. The third-order valence-corrected chi connectivity index (χ3v) is 3.50. The fourth-order valence-electron chi connectivity index (χ4n) is 2.68. The Morgan fingerprint density at radius 2 is 1.92 bits per heavy atom. The van der Waals surface area contributed by atoms with Crippen LogP contribution in [0.5, 0.6) is 0 Å². The summed E-state index contributed by atoms with van der Waals surface area (Å²) in [5, 5.41) is 9.93. The molecule has 0 heterocycles. The maximum atomic E-state index is 9.93. The van der Waals surface area contributed by atoms with Crippen LogP contribution < -0.4 is 0 Å². The van der Waals surface area contributed by atoms with Crippen molar-refractivity contribution in [2.45, 2.75) is 51.0 Å².